The van der Waals surface area contributed by atoms with Crippen LogP contribution in [0.1, 0.15) is 20.7 Å². The summed E-state index contributed by atoms with van der Waals surface area (Å²) in [6.45, 7) is 0. The molecule has 114 valence electrons. The van der Waals surface area contributed by atoms with Crippen LogP contribution in [0, 0.1) is 0 Å². The topological polar surface area (TPSA) is 102 Å². The number of benzene rings is 2. The Morgan fingerprint density at radius 2 is 1.43 bits per heavy atom. The Labute approximate surface area is 131 Å². The third-order valence-corrected chi connectivity index (χ3v) is 3.07. The number of tetrazole rings is 1. The minimum Gasteiger partial charge on any atom is -0.267 e. The number of nitrogens with zero attached hydrogens (tertiary/aromatic N) is 4. The van der Waals surface area contributed by atoms with E-state index >= 15 is 0 Å². The molecule has 3 rings (SSSR count). The van der Waals surface area contributed by atoms with Crippen molar-refractivity contribution in [1.29, 1.82) is 0 Å². The molecule has 0 atom stereocenters. The maximum atomic E-state index is 12.0. The summed E-state index contributed by atoms with van der Waals surface area (Å²) in [4.78, 5) is 23.8. The smallest absolute Gasteiger partial charge is 0.267 e. The predicted octanol–water partition coefficient (Wildman–Crippen LogP) is 0.737. The van der Waals surface area contributed by atoms with Crippen LogP contribution in [0.2, 0.25) is 0 Å². The molecule has 3 aromatic rings. The molecule has 1 aromatic heterocycles. The number of hydrogen-bond acceptors (Lipinski definition) is 5. The molecule has 1 heterocycles. The zero-order valence-electron chi connectivity index (χ0n) is 11.9. The summed E-state index contributed by atoms with van der Waals surface area (Å²) in [7, 11) is 0. The fourth-order valence-corrected chi connectivity index (χ4v) is 1.89. The van der Waals surface area contributed by atoms with Crippen molar-refractivity contribution >= 4 is 11.8 Å². The molecule has 0 saturated heterocycles. The van der Waals surface area contributed by atoms with Crippen molar-refractivity contribution in [3.8, 4) is 5.69 Å². The van der Waals surface area contributed by atoms with Gasteiger partial charge in [-0.1, -0.05) is 18.2 Å². The van der Waals surface area contributed by atoms with Crippen LogP contribution in [-0.2, 0) is 0 Å². The fraction of sp³-hybridized carbons (Fsp3) is 0. The van der Waals surface area contributed by atoms with Gasteiger partial charge in [0.2, 0.25) is 0 Å². The van der Waals surface area contributed by atoms with E-state index < -0.39 is 5.91 Å². The monoisotopic (exact) mass is 308 g/mol. The van der Waals surface area contributed by atoms with Crippen LogP contribution >= 0.6 is 0 Å². The average Bonchev–Trinajstić information content (AvgIpc) is 3.15. The van der Waals surface area contributed by atoms with Gasteiger partial charge in [-0.15, -0.1) is 5.10 Å². The largest absolute Gasteiger partial charge is 0.269 e. The molecule has 0 radical (unpaired) electrons. The Hall–Kier alpha value is -3.55. The van der Waals surface area contributed by atoms with Gasteiger partial charge in [-0.05, 0) is 46.8 Å². The van der Waals surface area contributed by atoms with Gasteiger partial charge >= 0.3 is 0 Å². The Morgan fingerprint density at radius 1 is 0.826 bits per heavy atom. The Kier molecular flexibility index (Phi) is 4.05. The standard InChI is InChI=1S/C15H12N6O2/c22-14(11-4-2-1-3-5-11)17-18-15(23)12-6-8-13(9-7-12)21-10-16-19-20-21/h1-10H,(H,17,22)(H,18,23). The molecule has 0 bridgehead atoms. The number of hydrogen-bond donors (Lipinski definition) is 2. The summed E-state index contributed by atoms with van der Waals surface area (Å²) < 4.78 is 1.47. The third kappa shape index (κ3) is 3.38. The quantitative estimate of drug-likeness (QED) is 0.695. The zero-order chi connectivity index (χ0) is 16.1. The van der Waals surface area contributed by atoms with Gasteiger partial charge in [-0.25, -0.2) is 4.68 Å². The number of rotatable bonds is 3. The molecule has 0 spiro atoms. The minimum absolute atomic E-state index is 0.385. The molecule has 23 heavy (non-hydrogen) atoms. The van der Waals surface area contributed by atoms with Gasteiger partial charge in [0.15, 0.2) is 0 Å². The van der Waals surface area contributed by atoms with Crippen molar-refractivity contribution in [2.75, 3.05) is 0 Å². The number of carbonyl (C=O) groups is 2. The lowest BCUT2D eigenvalue weighted by Crippen LogP contribution is -2.41. The molecule has 0 aliphatic heterocycles. The van der Waals surface area contributed by atoms with Crippen molar-refractivity contribution in [3.63, 3.8) is 0 Å². The molecule has 0 unspecified atom stereocenters. The van der Waals surface area contributed by atoms with Gasteiger partial charge in [0.05, 0.1) is 5.69 Å². The van der Waals surface area contributed by atoms with Crippen molar-refractivity contribution in [3.05, 3.63) is 72.1 Å². The average molecular weight is 308 g/mol. The van der Waals surface area contributed by atoms with E-state index in [9.17, 15) is 9.59 Å². The first-order valence-electron chi connectivity index (χ1n) is 6.73. The van der Waals surface area contributed by atoms with Crippen LogP contribution in [0.15, 0.2) is 60.9 Å². The van der Waals surface area contributed by atoms with E-state index in [0.717, 1.165) is 5.69 Å². The lowest BCUT2D eigenvalue weighted by Gasteiger charge is -2.08. The second kappa shape index (κ2) is 6.48. The second-order valence-corrected chi connectivity index (χ2v) is 4.58. The van der Waals surface area contributed by atoms with Crippen molar-refractivity contribution < 1.29 is 9.59 Å². The summed E-state index contributed by atoms with van der Waals surface area (Å²) in [5, 5.41) is 10.8. The first-order chi connectivity index (χ1) is 11.2. The highest BCUT2D eigenvalue weighted by Gasteiger charge is 2.09. The zero-order valence-corrected chi connectivity index (χ0v) is 11.9. The first kappa shape index (κ1) is 14.4. The van der Waals surface area contributed by atoms with Crippen LogP contribution in [0.25, 0.3) is 5.69 Å². The van der Waals surface area contributed by atoms with E-state index in [-0.39, 0.29) is 5.91 Å². The van der Waals surface area contributed by atoms with Crippen molar-refractivity contribution in [2.24, 2.45) is 0 Å². The number of amides is 2. The molecule has 8 heteroatoms. The van der Waals surface area contributed by atoms with Crippen LogP contribution in [0.4, 0.5) is 0 Å². The summed E-state index contributed by atoms with van der Waals surface area (Å²) >= 11 is 0. The second-order valence-electron chi connectivity index (χ2n) is 4.58. The molecule has 0 aliphatic rings. The van der Waals surface area contributed by atoms with Crippen LogP contribution in [0.5, 0.6) is 0 Å². The number of carbonyl (C=O) groups excluding carboxylic acids is 2. The fourth-order valence-electron chi connectivity index (χ4n) is 1.89. The molecule has 0 saturated carbocycles. The molecule has 8 nitrogen and oxygen atoms in total. The third-order valence-electron chi connectivity index (χ3n) is 3.07. The number of hydrazine groups is 1. The molecular weight excluding hydrogens is 296 g/mol. The first-order valence-corrected chi connectivity index (χ1v) is 6.73. The Bertz CT molecular complexity index is 800. The molecule has 2 N–H and O–H groups in total. The molecule has 0 fully saturated rings. The van der Waals surface area contributed by atoms with E-state index in [1.54, 1.807) is 48.5 Å². The summed E-state index contributed by atoms with van der Waals surface area (Å²) in [5.41, 5.74) is 6.31. The Morgan fingerprint density at radius 3 is 2.00 bits per heavy atom. The number of aromatic nitrogens is 4. The molecule has 2 amide bonds. The molecule has 2 aromatic carbocycles. The van der Waals surface area contributed by atoms with Crippen LogP contribution in [-0.4, -0.2) is 32.0 Å². The van der Waals surface area contributed by atoms with Gasteiger partial charge in [0, 0.05) is 11.1 Å². The number of nitrogens with one attached hydrogen (secondary N) is 2. The summed E-state index contributed by atoms with van der Waals surface area (Å²) in [6.07, 6.45) is 1.45. The lowest BCUT2D eigenvalue weighted by atomic mass is 10.2. The molecule has 0 aliphatic carbocycles. The maximum Gasteiger partial charge on any atom is 0.269 e. The van der Waals surface area contributed by atoms with Gasteiger partial charge in [-0.2, -0.15) is 0 Å². The summed E-state index contributed by atoms with van der Waals surface area (Å²) in [5.74, 6) is -0.804. The highest BCUT2D eigenvalue weighted by atomic mass is 16.2. The van der Waals surface area contributed by atoms with Gasteiger partial charge in [-0.3, -0.25) is 20.4 Å². The van der Waals surface area contributed by atoms with E-state index in [2.05, 4.69) is 26.4 Å². The van der Waals surface area contributed by atoms with Gasteiger partial charge in [0.1, 0.15) is 6.33 Å². The van der Waals surface area contributed by atoms with E-state index in [1.807, 2.05) is 6.07 Å². The highest BCUT2D eigenvalue weighted by molar-refractivity contribution is 5.99. The van der Waals surface area contributed by atoms with Crippen LogP contribution in [0.3, 0.4) is 0 Å². The maximum absolute atomic E-state index is 12.0. The van der Waals surface area contributed by atoms with Crippen molar-refractivity contribution in [2.45, 2.75) is 0 Å². The van der Waals surface area contributed by atoms with Gasteiger partial charge in [0.25, 0.3) is 11.8 Å². The van der Waals surface area contributed by atoms with E-state index in [1.165, 1.54) is 11.0 Å². The lowest BCUT2D eigenvalue weighted by molar-refractivity contribution is 0.0846. The van der Waals surface area contributed by atoms with E-state index in [4.69, 9.17) is 0 Å². The van der Waals surface area contributed by atoms with Crippen molar-refractivity contribution in [1.82, 2.24) is 31.1 Å². The van der Waals surface area contributed by atoms with Gasteiger partial charge < -0.3 is 0 Å². The minimum atomic E-state index is -0.419. The summed E-state index contributed by atoms with van der Waals surface area (Å²) in [6, 6.07) is 15.2. The molecular formula is C15H12N6O2. The predicted molar refractivity (Wildman–Crippen MR) is 80.5 cm³/mol. The SMILES string of the molecule is O=C(NNC(=O)c1ccc(-n2cnnn2)cc1)c1ccccc1. The Balaban J connectivity index is 1.61. The normalized spacial score (nSPS) is 10.1. The van der Waals surface area contributed by atoms with E-state index in [0.29, 0.717) is 11.1 Å². The highest BCUT2D eigenvalue weighted by Crippen LogP contribution is 2.07. The van der Waals surface area contributed by atoms with Crippen LogP contribution < -0.4 is 10.9 Å².